The van der Waals surface area contributed by atoms with Crippen LogP contribution in [-0.2, 0) is 68.8 Å². The molecule has 1 saturated heterocycles. The fourth-order valence-corrected chi connectivity index (χ4v) is 9.36. The standard InChI is InChI=1S/C61H74ClN13O13/c1-34(76)52-60(87)73-49(58(85)70-46(53(65)80)29-37-15-23-42(77)24-16-37)32-51(79)66-33-50(74-54(81)44(64)28-35-11-19-39(62)20-12-35)59(86)72-48(31-38-17-25-43(78)26-18-38)57(84)71-47(56(83)69-45(55(82)75-52)10-6-3-7-27-63)30-36-13-21-41(22-14-36)68-61(88)67-40-8-4-2-5-9-40/h2,4-5,8-9,11-26,34,44-50,52,76-78H,3,6-7,10,27-33,63-64H2,1H3,(H2,65,80)(H,66,79)(H,69,83)(H,70,85)(H,71,84)(H,72,86)(H,73,87)(H,74,81)(H,75,82)(H2,67,68,88)/t34-,44+,45+,46-,47-,48+,49+,50-,52+/m1/s1. The molecule has 468 valence electrons. The van der Waals surface area contributed by atoms with Gasteiger partial charge >= 0.3 is 6.03 Å². The van der Waals surface area contributed by atoms with Gasteiger partial charge in [0.2, 0.25) is 53.2 Å². The van der Waals surface area contributed by atoms with Crippen LogP contribution < -0.4 is 70.4 Å². The van der Waals surface area contributed by atoms with Crippen molar-refractivity contribution in [3.63, 3.8) is 0 Å². The third-order valence-electron chi connectivity index (χ3n) is 14.1. The van der Waals surface area contributed by atoms with Crippen LogP contribution in [0.25, 0.3) is 0 Å². The van der Waals surface area contributed by atoms with Crippen molar-refractivity contribution < 1.29 is 63.3 Å². The number of amides is 11. The van der Waals surface area contributed by atoms with Gasteiger partial charge in [-0.05, 0) is 116 Å². The molecule has 88 heavy (non-hydrogen) atoms. The van der Waals surface area contributed by atoms with E-state index >= 15 is 0 Å². The number of phenolic OH excluding ortho intramolecular Hbond substituents is 2. The number of aromatic hydroxyl groups is 2. The van der Waals surface area contributed by atoms with Gasteiger partial charge in [0.05, 0.1) is 18.6 Å². The van der Waals surface area contributed by atoms with E-state index in [1.54, 1.807) is 78.9 Å². The van der Waals surface area contributed by atoms with E-state index in [0.717, 1.165) is 6.92 Å². The zero-order valence-corrected chi connectivity index (χ0v) is 48.9. The highest BCUT2D eigenvalue weighted by Gasteiger charge is 2.37. The fraction of sp³-hybridized carbons (Fsp3) is 0.344. The number of unbranched alkanes of at least 4 members (excludes halogenated alkanes) is 2. The number of aliphatic hydroxyl groups excluding tert-OH is 1. The number of hydrogen-bond donors (Lipinski definition) is 16. The Labute approximate surface area is 512 Å². The molecule has 9 atom stereocenters. The summed E-state index contributed by atoms with van der Waals surface area (Å²) in [6, 6.07) is 19.0. The van der Waals surface area contributed by atoms with E-state index in [-0.39, 0.29) is 50.0 Å². The quantitative estimate of drug-likeness (QED) is 0.0439. The monoisotopic (exact) mass is 1230 g/mol. The number of nitrogens with two attached hydrogens (primary N) is 3. The number of urea groups is 1. The SMILES string of the molecule is C[C@@H](O)[C@@H]1NC(=O)[C@H](CCCCCN)NC(=O)[C@@H](Cc2ccc(NC(=O)Nc3ccccc3)cc2)NC(=O)[C@H](Cc2ccc(O)cc2)NC(=O)[C@H](NC(=O)[C@@H](N)Cc2ccc(Cl)cc2)CNC(=O)C[C@@H](C(=O)N[C@H](Cc2ccc(O)cc2)C(N)=O)NC1=O. The first kappa shape index (κ1) is 67.5. The van der Waals surface area contributed by atoms with Crippen molar-refractivity contribution in [2.24, 2.45) is 17.2 Å². The molecule has 0 unspecified atom stereocenters. The number of para-hydroxylation sites is 1. The Kier molecular flexibility index (Phi) is 25.6. The van der Waals surface area contributed by atoms with Gasteiger partial charge in [0.25, 0.3) is 0 Å². The maximum atomic E-state index is 14.9. The Bertz CT molecular complexity index is 3220. The molecule has 5 aromatic rings. The number of carbonyl (C=O) groups excluding carboxylic acids is 10. The van der Waals surface area contributed by atoms with Gasteiger partial charge in [-0.25, -0.2) is 4.79 Å². The van der Waals surface area contributed by atoms with Crippen molar-refractivity contribution in [3.8, 4) is 11.5 Å². The van der Waals surface area contributed by atoms with Gasteiger partial charge in [-0.1, -0.05) is 91.2 Å². The van der Waals surface area contributed by atoms with E-state index in [4.69, 9.17) is 28.8 Å². The van der Waals surface area contributed by atoms with Gasteiger partial charge in [0, 0.05) is 42.2 Å². The number of primary amides is 1. The third-order valence-corrected chi connectivity index (χ3v) is 14.4. The Morgan fingerprint density at radius 3 is 1.69 bits per heavy atom. The Morgan fingerprint density at radius 2 is 1.12 bits per heavy atom. The van der Waals surface area contributed by atoms with Crippen LogP contribution in [0.3, 0.4) is 0 Å². The Balaban J connectivity index is 1.40. The number of aliphatic hydroxyl groups is 1. The predicted octanol–water partition coefficient (Wildman–Crippen LogP) is 0.292. The largest absolute Gasteiger partial charge is 0.508 e. The summed E-state index contributed by atoms with van der Waals surface area (Å²) < 4.78 is 0. The van der Waals surface area contributed by atoms with Crippen LogP contribution >= 0.6 is 11.6 Å². The third kappa shape index (κ3) is 21.7. The molecule has 26 nitrogen and oxygen atoms in total. The van der Waals surface area contributed by atoms with Gasteiger partial charge in [0.1, 0.15) is 53.8 Å². The van der Waals surface area contributed by atoms with Crippen molar-refractivity contribution in [2.45, 2.75) is 119 Å². The van der Waals surface area contributed by atoms with E-state index in [1.165, 1.54) is 48.5 Å². The van der Waals surface area contributed by atoms with Crippen molar-refractivity contribution in [1.29, 1.82) is 0 Å². The second-order valence-corrected chi connectivity index (χ2v) is 21.6. The number of anilines is 2. The molecule has 1 aliphatic rings. The summed E-state index contributed by atoms with van der Waals surface area (Å²) >= 11 is 6.08. The first-order valence-corrected chi connectivity index (χ1v) is 28.8. The summed E-state index contributed by atoms with van der Waals surface area (Å²) in [4.78, 5) is 142. The minimum atomic E-state index is -1.92. The highest BCUT2D eigenvalue weighted by Crippen LogP contribution is 2.18. The lowest BCUT2D eigenvalue weighted by Crippen LogP contribution is -2.63. The van der Waals surface area contributed by atoms with E-state index < -0.39 is 127 Å². The molecule has 0 spiro atoms. The normalized spacial score (nSPS) is 19.9. The molecule has 1 fully saturated rings. The topological polar surface area (TPSA) is 430 Å². The highest BCUT2D eigenvalue weighted by molar-refractivity contribution is 6.30. The second-order valence-electron chi connectivity index (χ2n) is 21.2. The molecule has 0 aromatic heterocycles. The lowest BCUT2D eigenvalue weighted by atomic mass is 10.0. The number of benzene rings is 5. The van der Waals surface area contributed by atoms with Crippen LogP contribution in [0.15, 0.2) is 127 Å². The molecule has 0 saturated carbocycles. The lowest BCUT2D eigenvalue weighted by molar-refractivity contribution is -0.138. The van der Waals surface area contributed by atoms with Crippen molar-refractivity contribution in [3.05, 3.63) is 155 Å². The number of phenols is 2. The summed E-state index contributed by atoms with van der Waals surface area (Å²) in [5, 5.41) is 57.2. The maximum Gasteiger partial charge on any atom is 0.323 e. The van der Waals surface area contributed by atoms with E-state index in [2.05, 4.69) is 53.2 Å². The molecule has 0 bridgehead atoms. The van der Waals surface area contributed by atoms with Crippen LogP contribution in [0, 0.1) is 0 Å². The lowest BCUT2D eigenvalue weighted by Gasteiger charge is -2.29. The van der Waals surface area contributed by atoms with Crippen LogP contribution in [0.2, 0.25) is 5.02 Å². The number of nitrogens with one attached hydrogen (secondary N) is 10. The number of rotatable bonds is 21. The van der Waals surface area contributed by atoms with Crippen LogP contribution in [-0.4, -0.2) is 142 Å². The molecule has 5 aromatic carbocycles. The van der Waals surface area contributed by atoms with Gasteiger partial charge in [-0.3, -0.25) is 43.2 Å². The summed E-state index contributed by atoms with van der Waals surface area (Å²) in [5.74, 6) is -9.53. The zero-order chi connectivity index (χ0) is 63.9. The van der Waals surface area contributed by atoms with Crippen molar-refractivity contribution in [2.75, 3.05) is 23.7 Å². The molecule has 6 rings (SSSR count). The predicted molar refractivity (Wildman–Crippen MR) is 326 cm³/mol. The molecule has 0 aliphatic carbocycles. The molecule has 19 N–H and O–H groups in total. The summed E-state index contributed by atoms with van der Waals surface area (Å²) in [5.41, 5.74) is 20.6. The van der Waals surface area contributed by atoms with E-state index in [9.17, 15) is 63.3 Å². The highest BCUT2D eigenvalue weighted by atomic mass is 35.5. The molecular weight excluding hydrogens is 1160 g/mol. The molecular formula is C61H74ClN13O13. The van der Waals surface area contributed by atoms with Crippen LogP contribution in [0.4, 0.5) is 16.2 Å². The fourth-order valence-electron chi connectivity index (χ4n) is 9.24. The van der Waals surface area contributed by atoms with Crippen molar-refractivity contribution >= 4 is 82.2 Å². The summed E-state index contributed by atoms with van der Waals surface area (Å²) in [6.07, 6.45) is -2.30. The number of hydrogen-bond acceptors (Lipinski definition) is 15. The van der Waals surface area contributed by atoms with E-state index in [0.29, 0.717) is 58.0 Å². The molecule has 1 aliphatic heterocycles. The summed E-state index contributed by atoms with van der Waals surface area (Å²) in [7, 11) is 0. The van der Waals surface area contributed by atoms with Gasteiger partial charge < -0.3 is 85.7 Å². The van der Waals surface area contributed by atoms with E-state index in [1.807, 2.05) is 0 Å². The average Bonchev–Trinajstić information content (AvgIpc) is 3.69. The average molecular weight is 1230 g/mol. The second kappa shape index (κ2) is 33.3. The molecule has 0 radical (unpaired) electrons. The van der Waals surface area contributed by atoms with Gasteiger partial charge in [-0.15, -0.1) is 0 Å². The Hall–Kier alpha value is -9.63. The van der Waals surface area contributed by atoms with Gasteiger partial charge in [0.15, 0.2) is 0 Å². The number of carbonyl (C=O) groups is 10. The number of halogens is 1. The molecule has 11 amide bonds. The minimum absolute atomic E-state index is 0.0557. The first-order chi connectivity index (χ1) is 42.0. The van der Waals surface area contributed by atoms with Crippen LogP contribution in [0.5, 0.6) is 11.5 Å². The first-order valence-electron chi connectivity index (χ1n) is 28.4. The smallest absolute Gasteiger partial charge is 0.323 e. The van der Waals surface area contributed by atoms with Gasteiger partial charge in [-0.2, -0.15) is 0 Å². The molecule has 1 heterocycles. The Morgan fingerprint density at radius 1 is 0.614 bits per heavy atom. The van der Waals surface area contributed by atoms with Crippen LogP contribution in [0.1, 0.15) is 61.3 Å². The van der Waals surface area contributed by atoms with Crippen molar-refractivity contribution in [1.82, 2.24) is 42.5 Å². The summed E-state index contributed by atoms with van der Waals surface area (Å²) in [6.45, 7) is 0.690. The molecule has 27 heteroatoms. The minimum Gasteiger partial charge on any atom is -0.508 e. The zero-order valence-electron chi connectivity index (χ0n) is 48.1. The maximum absolute atomic E-state index is 14.9.